The standard InChI is InChI=1S/C18H15N3O2/c1-12(14-7-3-5-9-17(14)22)20-21-18(23)16-11-10-13-6-2-4-8-15(13)19-16/h2-11,22H,1H3,(H,21,23)/b20-12+. The number of carbonyl (C=O) groups is 1. The molecule has 3 aromatic rings. The first-order valence-corrected chi connectivity index (χ1v) is 7.14. The van der Waals surface area contributed by atoms with Gasteiger partial charge in [-0.05, 0) is 31.2 Å². The molecule has 0 fully saturated rings. The molecule has 5 heteroatoms. The van der Waals surface area contributed by atoms with Gasteiger partial charge < -0.3 is 5.11 Å². The van der Waals surface area contributed by atoms with Crippen molar-refractivity contribution in [3.8, 4) is 5.75 Å². The maximum atomic E-state index is 12.2. The third-order valence-electron chi connectivity index (χ3n) is 3.45. The van der Waals surface area contributed by atoms with Gasteiger partial charge >= 0.3 is 0 Å². The largest absolute Gasteiger partial charge is 0.507 e. The molecule has 2 N–H and O–H groups in total. The summed E-state index contributed by atoms with van der Waals surface area (Å²) in [6, 6.07) is 17.9. The van der Waals surface area contributed by atoms with E-state index in [0.29, 0.717) is 11.3 Å². The molecule has 114 valence electrons. The number of hydrazone groups is 1. The van der Waals surface area contributed by atoms with E-state index in [1.165, 1.54) is 0 Å². The number of para-hydroxylation sites is 2. The number of rotatable bonds is 3. The van der Waals surface area contributed by atoms with Crippen LogP contribution < -0.4 is 5.43 Å². The quantitative estimate of drug-likeness (QED) is 0.577. The number of phenols is 1. The van der Waals surface area contributed by atoms with Crippen LogP contribution in [0.5, 0.6) is 5.75 Å². The van der Waals surface area contributed by atoms with E-state index in [9.17, 15) is 9.90 Å². The van der Waals surface area contributed by atoms with Crippen molar-refractivity contribution >= 4 is 22.5 Å². The number of aromatic nitrogens is 1. The molecule has 0 saturated carbocycles. The predicted molar refractivity (Wildman–Crippen MR) is 89.5 cm³/mol. The molecule has 1 heterocycles. The number of nitrogens with one attached hydrogen (secondary N) is 1. The molecule has 1 aromatic heterocycles. The van der Waals surface area contributed by atoms with Crippen molar-refractivity contribution in [3.63, 3.8) is 0 Å². The minimum Gasteiger partial charge on any atom is -0.507 e. The van der Waals surface area contributed by atoms with Gasteiger partial charge in [0.15, 0.2) is 0 Å². The smallest absolute Gasteiger partial charge is 0.289 e. The molecule has 0 unspecified atom stereocenters. The Hall–Kier alpha value is -3.21. The van der Waals surface area contributed by atoms with E-state index < -0.39 is 5.91 Å². The van der Waals surface area contributed by atoms with Crippen molar-refractivity contribution in [1.29, 1.82) is 0 Å². The highest BCUT2D eigenvalue weighted by molar-refractivity contribution is 6.02. The van der Waals surface area contributed by atoms with Crippen LogP contribution in [0.3, 0.4) is 0 Å². The molecule has 5 nitrogen and oxygen atoms in total. The summed E-state index contributed by atoms with van der Waals surface area (Å²) < 4.78 is 0. The molecular weight excluding hydrogens is 290 g/mol. The molecule has 0 spiro atoms. The van der Waals surface area contributed by atoms with Crippen LogP contribution in [0.25, 0.3) is 10.9 Å². The van der Waals surface area contributed by atoms with E-state index in [0.717, 1.165) is 10.9 Å². The molecule has 0 bridgehead atoms. The minimum absolute atomic E-state index is 0.117. The van der Waals surface area contributed by atoms with E-state index in [4.69, 9.17) is 0 Å². The fourth-order valence-electron chi connectivity index (χ4n) is 2.22. The van der Waals surface area contributed by atoms with Gasteiger partial charge in [0.05, 0.1) is 11.2 Å². The second-order valence-corrected chi connectivity index (χ2v) is 5.04. The lowest BCUT2D eigenvalue weighted by Crippen LogP contribution is -2.20. The highest BCUT2D eigenvalue weighted by atomic mass is 16.3. The first kappa shape index (κ1) is 14.7. The normalized spacial score (nSPS) is 11.4. The summed E-state index contributed by atoms with van der Waals surface area (Å²) in [5.41, 5.74) is 4.59. The van der Waals surface area contributed by atoms with Crippen molar-refractivity contribution in [2.24, 2.45) is 5.10 Å². The predicted octanol–water partition coefficient (Wildman–Crippen LogP) is 3.09. The minimum atomic E-state index is -0.398. The molecule has 0 saturated heterocycles. The van der Waals surface area contributed by atoms with Gasteiger partial charge in [-0.1, -0.05) is 36.4 Å². The topological polar surface area (TPSA) is 74.6 Å². The molecule has 0 radical (unpaired) electrons. The summed E-state index contributed by atoms with van der Waals surface area (Å²) >= 11 is 0. The molecule has 2 aromatic carbocycles. The summed E-state index contributed by atoms with van der Waals surface area (Å²) in [6.07, 6.45) is 0. The number of carbonyl (C=O) groups excluding carboxylic acids is 1. The van der Waals surface area contributed by atoms with Crippen molar-refractivity contribution in [3.05, 3.63) is 71.9 Å². The summed E-state index contributed by atoms with van der Waals surface area (Å²) in [7, 11) is 0. The highest BCUT2D eigenvalue weighted by Gasteiger charge is 2.08. The van der Waals surface area contributed by atoms with E-state index in [1.54, 1.807) is 37.3 Å². The highest BCUT2D eigenvalue weighted by Crippen LogP contribution is 2.16. The molecule has 0 atom stereocenters. The Morgan fingerprint density at radius 3 is 2.61 bits per heavy atom. The molecular formula is C18H15N3O2. The fourth-order valence-corrected chi connectivity index (χ4v) is 2.22. The van der Waals surface area contributed by atoms with Crippen molar-refractivity contribution in [1.82, 2.24) is 10.4 Å². The number of hydrogen-bond donors (Lipinski definition) is 2. The van der Waals surface area contributed by atoms with Crippen LogP contribution in [-0.2, 0) is 0 Å². The number of phenolic OH excluding ortho intramolecular Hbond substituents is 1. The summed E-state index contributed by atoms with van der Waals surface area (Å²) in [5, 5.41) is 14.8. The maximum Gasteiger partial charge on any atom is 0.289 e. The summed E-state index contributed by atoms with van der Waals surface area (Å²) in [5.74, 6) is -0.280. The lowest BCUT2D eigenvalue weighted by molar-refractivity contribution is 0.0950. The number of pyridine rings is 1. The Balaban J connectivity index is 1.80. The molecule has 1 amide bonds. The molecule has 0 aliphatic heterocycles. The Morgan fingerprint density at radius 1 is 1.04 bits per heavy atom. The number of aromatic hydroxyl groups is 1. The van der Waals surface area contributed by atoms with E-state index >= 15 is 0 Å². The van der Waals surface area contributed by atoms with Gasteiger partial charge in [0.25, 0.3) is 5.91 Å². The van der Waals surface area contributed by atoms with Crippen LogP contribution in [0.15, 0.2) is 65.8 Å². The van der Waals surface area contributed by atoms with Gasteiger partial charge in [-0.25, -0.2) is 10.4 Å². The third kappa shape index (κ3) is 3.18. The zero-order valence-electron chi connectivity index (χ0n) is 12.5. The number of hydrogen-bond acceptors (Lipinski definition) is 4. The second-order valence-electron chi connectivity index (χ2n) is 5.04. The van der Waals surface area contributed by atoms with Crippen LogP contribution in [0.4, 0.5) is 0 Å². The molecule has 23 heavy (non-hydrogen) atoms. The lowest BCUT2D eigenvalue weighted by Gasteiger charge is -2.05. The van der Waals surface area contributed by atoms with Crippen LogP contribution >= 0.6 is 0 Å². The van der Waals surface area contributed by atoms with Gasteiger partial charge in [-0.15, -0.1) is 0 Å². The van der Waals surface area contributed by atoms with Crippen molar-refractivity contribution in [2.45, 2.75) is 6.92 Å². The van der Waals surface area contributed by atoms with Crippen molar-refractivity contribution < 1.29 is 9.90 Å². The Bertz CT molecular complexity index is 903. The fraction of sp³-hybridized carbons (Fsp3) is 0.0556. The van der Waals surface area contributed by atoms with E-state index in [1.807, 2.05) is 30.3 Å². The maximum absolute atomic E-state index is 12.2. The average Bonchev–Trinajstić information content (AvgIpc) is 2.59. The number of fused-ring (bicyclic) bond motifs is 1. The van der Waals surface area contributed by atoms with Crippen LogP contribution in [0.1, 0.15) is 23.0 Å². The van der Waals surface area contributed by atoms with Gasteiger partial charge in [-0.3, -0.25) is 4.79 Å². The van der Waals surface area contributed by atoms with E-state index in [-0.39, 0.29) is 11.4 Å². The number of benzene rings is 2. The van der Waals surface area contributed by atoms with Crippen molar-refractivity contribution in [2.75, 3.05) is 0 Å². The molecule has 0 aliphatic rings. The SMILES string of the molecule is C/C(=N\NC(=O)c1ccc2ccccc2n1)c1ccccc1O. The number of nitrogens with zero attached hydrogens (tertiary/aromatic N) is 2. The molecule has 0 aliphatic carbocycles. The van der Waals surface area contributed by atoms with Gasteiger partial charge in [-0.2, -0.15) is 5.10 Å². The zero-order valence-corrected chi connectivity index (χ0v) is 12.5. The van der Waals surface area contributed by atoms with Crippen LogP contribution in [0.2, 0.25) is 0 Å². The Kier molecular flexibility index (Phi) is 4.01. The zero-order chi connectivity index (χ0) is 16.2. The first-order chi connectivity index (χ1) is 11.1. The monoisotopic (exact) mass is 305 g/mol. The molecule has 3 rings (SSSR count). The van der Waals surface area contributed by atoms with Crippen LogP contribution in [0, 0.1) is 0 Å². The van der Waals surface area contributed by atoms with E-state index in [2.05, 4.69) is 15.5 Å². The Labute approximate surface area is 133 Å². The summed E-state index contributed by atoms with van der Waals surface area (Å²) in [4.78, 5) is 16.5. The summed E-state index contributed by atoms with van der Waals surface area (Å²) in [6.45, 7) is 1.71. The third-order valence-corrected chi connectivity index (χ3v) is 3.45. The van der Waals surface area contributed by atoms with Gasteiger partial charge in [0, 0.05) is 10.9 Å². The second kappa shape index (κ2) is 6.27. The number of amides is 1. The van der Waals surface area contributed by atoms with Crippen LogP contribution in [-0.4, -0.2) is 21.7 Å². The van der Waals surface area contributed by atoms with Gasteiger partial charge in [0.1, 0.15) is 11.4 Å². The first-order valence-electron chi connectivity index (χ1n) is 7.14. The Morgan fingerprint density at radius 2 is 1.78 bits per heavy atom. The lowest BCUT2D eigenvalue weighted by atomic mass is 10.1. The van der Waals surface area contributed by atoms with Gasteiger partial charge in [0.2, 0.25) is 0 Å². The average molecular weight is 305 g/mol.